The van der Waals surface area contributed by atoms with Gasteiger partial charge in [-0.05, 0) is 120 Å². The van der Waals surface area contributed by atoms with Gasteiger partial charge in [-0.1, -0.05) is 71.3 Å². The number of carboxylic acid groups (broad SMARTS) is 1. The van der Waals surface area contributed by atoms with Crippen LogP contribution in [-0.4, -0.2) is 27.0 Å². The van der Waals surface area contributed by atoms with Crippen molar-refractivity contribution in [1.82, 2.24) is 4.98 Å². The number of oxime groups is 1. The predicted octanol–water partition coefficient (Wildman–Crippen LogP) is 8.79. The van der Waals surface area contributed by atoms with Gasteiger partial charge < -0.3 is 10.3 Å². The lowest BCUT2D eigenvalue weighted by Crippen LogP contribution is -2.65. The number of rotatable bonds is 2. The molecule has 5 aliphatic rings. The van der Waals surface area contributed by atoms with Gasteiger partial charge in [-0.25, -0.2) is 0 Å². The number of aromatic nitrogens is 1. The lowest BCUT2D eigenvalue weighted by atomic mass is 9.33. The van der Waals surface area contributed by atoms with E-state index in [0.717, 1.165) is 74.6 Å². The summed E-state index contributed by atoms with van der Waals surface area (Å²) in [6.45, 7) is 16.8. The van der Waals surface area contributed by atoms with Crippen LogP contribution in [0.3, 0.4) is 0 Å². The number of fused-ring (bicyclic) bond motifs is 7. The lowest BCUT2D eigenvalue weighted by molar-refractivity contribution is -0.177. The Morgan fingerprint density at radius 2 is 1.76 bits per heavy atom. The zero-order valence-corrected chi connectivity index (χ0v) is 26.3. The lowest BCUT2D eigenvalue weighted by Gasteiger charge is -2.70. The molecule has 2 N–H and O–H groups in total. The summed E-state index contributed by atoms with van der Waals surface area (Å²) in [5.74, 6) is 0.425. The number of aliphatic carboxylic acids is 1. The monoisotopic (exact) mass is 558 g/mol. The number of hydrogen-bond acceptors (Lipinski definition) is 4. The normalized spacial score (nSPS) is 44.7. The zero-order chi connectivity index (χ0) is 29.6. The van der Waals surface area contributed by atoms with Crippen molar-refractivity contribution in [1.29, 1.82) is 0 Å². The molecule has 0 aromatic carbocycles. The van der Waals surface area contributed by atoms with Crippen molar-refractivity contribution in [2.24, 2.45) is 55.4 Å². The smallest absolute Gasteiger partial charge is 0.310 e. The van der Waals surface area contributed by atoms with Gasteiger partial charge in [0, 0.05) is 17.8 Å². The second-order valence-electron chi connectivity index (χ2n) is 16.5. The van der Waals surface area contributed by atoms with E-state index in [9.17, 15) is 15.1 Å². The minimum Gasteiger partial charge on any atom is -0.481 e. The zero-order valence-electron chi connectivity index (χ0n) is 26.3. The minimum atomic E-state index is -0.607. The third-order valence-corrected chi connectivity index (χ3v) is 13.8. The molecule has 0 amide bonds. The summed E-state index contributed by atoms with van der Waals surface area (Å²) in [6.07, 6.45) is 17.0. The van der Waals surface area contributed by atoms with E-state index >= 15 is 0 Å². The van der Waals surface area contributed by atoms with Gasteiger partial charge in [0.25, 0.3) is 0 Å². The molecule has 41 heavy (non-hydrogen) atoms. The molecule has 1 aromatic rings. The number of carboxylic acids is 1. The highest BCUT2D eigenvalue weighted by atomic mass is 16.4. The molecule has 4 saturated carbocycles. The van der Waals surface area contributed by atoms with Gasteiger partial charge in [0.15, 0.2) is 0 Å². The molecular formula is C36H50N2O3. The van der Waals surface area contributed by atoms with Crippen molar-refractivity contribution in [2.75, 3.05) is 0 Å². The number of hydrogen-bond donors (Lipinski definition) is 2. The van der Waals surface area contributed by atoms with E-state index in [4.69, 9.17) is 0 Å². The van der Waals surface area contributed by atoms with E-state index in [-0.39, 0.29) is 33.0 Å². The maximum absolute atomic E-state index is 12.9. The number of allylic oxidation sites excluding steroid dienone is 3. The molecule has 0 unspecified atom stereocenters. The fourth-order valence-corrected chi connectivity index (χ4v) is 11.5. The number of carbonyl (C=O) groups is 1. The molecule has 4 fully saturated rings. The summed E-state index contributed by atoms with van der Waals surface area (Å²) in [5, 5.41) is 24.9. The van der Waals surface area contributed by atoms with Crippen molar-refractivity contribution in [3.05, 3.63) is 47.3 Å². The Hall–Kier alpha value is -2.43. The summed E-state index contributed by atoms with van der Waals surface area (Å²) < 4.78 is 0. The summed E-state index contributed by atoms with van der Waals surface area (Å²) in [7, 11) is 0. The van der Waals surface area contributed by atoms with Crippen LogP contribution < -0.4 is 0 Å². The van der Waals surface area contributed by atoms with Crippen molar-refractivity contribution in [3.63, 3.8) is 0 Å². The van der Waals surface area contributed by atoms with Gasteiger partial charge >= 0.3 is 5.97 Å². The van der Waals surface area contributed by atoms with Crippen LogP contribution in [0.15, 0.2) is 46.9 Å². The molecule has 0 saturated heterocycles. The maximum atomic E-state index is 12.9. The van der Waals surface area contributed by atoms with Crippen molar-refractivity contribution < 1.29 is 15.1 Å². The van der Waals surface area contributed by atoms with Crippen LogP contribution in [0, 0.1) is 50.2 Å². The second kappa shape index (κ2) is 9.04. The first-order chi connectivity index (χ1) is 19.1. The van der Waals surface area contributed by atoms with Crippen LogP contribution in [-0.2, 0) is 4.79 Å². The highest BCUT2D eigenvalue weighted by Gasteiger charge is 2.69. The minimum absolute atomic E-state index is 0.0103. The maximum Gasteiger partial charge on any atom is 0.310 e. The second-order valence-corrected chi connectivity index (χ2v) is 16.5. The third-order valence-electron chi connectivity index (χ3n) is 13.8. The van der Waals surface area contributed by atoms with Gasteiger partial charge in [-0.15, -0.1) is 0 Å². The first-order valence-electron chi connectivity index (χ1n) is 15.9. The Labute approximate surface area is 246 Å². The molecule has 0 aliphatic heterocycles. The highest BCUT2D eigenvalue weighted by Crippen LogP contribution is 2.75. The molecule has 0 spiro atoms. The van der Waals surface area contributed by atoms with Crippen LogP contribution >= 0.6 is 0 Å². The fourth-order valence-electron chi connectivity index (χ4n) is 11.5. The average Bonchev–Trinajstić information content (AvgIpc) is 2.89. The molecule has 5 heteroatoms. The van der Waals surface area contributed by atoms with Gasteiger partial charge in [0.05, 0.1) is 11.1 Å². The van der Waals surface area contributed by atoms with Crippen molar-refractivity contribution in [3.8, 4) is 0 Å². The summed E-state index contributed by atoms with van der Waals surface area (Å²) in [6, 6.07) is 4.03. The van der Waals surface area contributed by atoms with E-state index in [1.165, 1.54) is 5.57 Å². The van der Waals surface area contributed by atoms with E-state index in [2.05, 4.69) is 76.8 Å². The molecule has 0 bridgehead atoms. The molecule has 5 nitrogen and oxygen atoms in total. The first-order valence-corrected chi connectivity index (χ1v) is 15.9. The topological polar surface area (TPSA) is 82.8 Å². The number of pyridine rings is 1. The van der Waals surface area contributed by atoms with Crippen molar-refractivity contribution in [2.45, 2.75) is 106 Å². The van der Waals surface area contributed by atoms with Gasteiger partial charge in [-0.3, -0.25) is 9.78 Å². The Morgan fingerprint density at radius 1 is 1.02 bits per heavy atom. The molecule has 5 aliphatic carbocycles. The first kappa shape index (κ1) is 28.7. The molecule has 7 atom stereocenters. The summed E-state index contributed by atoms with van der Waals surface area (Å²) in [4.78, 5) is 17.3. The van der Waals surface area contributed by atoms with Crippen LogP contribution in [0.25, 0.3) is 6.08 Å². The van der Waals surface area contributed by atoms with Gasteiger partial charge in [0.1, 0.15) is 0 Å². The van der Waals surface area contributed by atoms with Crippen LogP contribution in [0.4, 0.5) is 0 Å². The van der Waals surface area contributed by atoms with E-state index in [1.54, 1.807) is 6.20 Å². The summed E-state index contributed by atoms with van der Waals surface area (Å²) in [5.41, 5.74) is 3.84. The Morgan fingerprint density at radius 3 is 2.41 bits per heavy atom. The summed E-state index contributed by atoms with van der Waals surface area (Å²) >= 11 is 0. The molecular weight excluding hydrogens is 508 g/mol. The Kier molecular flexibility index (Phi) is 6.32. The fraction of sp³-hybridized carbons (Fsp3) is 0.694. The Bertz CT molecular complexity index is 1340. The largest absolute Gasteiger partial charge is 0.481 e. The predicted molar refractivity (Wildman–Crippen MR) is 163 cm³/mol. The van der Waals surface area contributed by atoms with E-state index in [0.29, 0.717) is 11.8 Å². The third kappa shape index (κ3) is 3.82. The average molecular weight is 559 g/mol. The molecule has 6 rings (SSSR count). The molecule has 1 heterocycles. The highest BCUT2D eigenvalue weighted by molar-refractivity contribution is 6.08. The molecule has 1 aromatic heterocycles. The van der Waals surface area contributed by atoms with Crippen LogP contribution in [0.1, 0.15) is 112 Å². The van der Waals surface area contributed by atoms with Crippen LogP contribution in [0.2, 0.25) is 0 Å². The Balaban J connectivity index is 1.46. The van der Waals surface area contributed by atoms with Gasteiger partial charge in [0.2, 0.25) is 0 Å². The molecule has 0 radical (unpaired) electrons. The SMILES string of the molecule is CC1(C)CC[C@]2(C(=O)O)CC[C@]3(C)C(=CC[C@@H]4[C@@]5(C)CC(=C/c6cccnc6)/C(=N/O)C(C)(C)[C@@H]5CC[C@]43C)[C@@H]2C1. The van der Waals surface area contributed by atoms with Gasteiger partial charge in [-0.2, -0.15) is 0 Å². The quantitative estimate of drug-likeness (QED) is 0.216. The number of nitrogens with zero attached hydrogens (tertiary/aromatic N) is 2. The van der Waals surface area contributed by atoms with Crippen molar-refractivity contribution >= 4 is 17.8 Å². The van der Waals surface area contributed by atoms with E-state index < -0.39 is 11.4 Å². The van der Waals surface area contributed by atoms with E-state index in [1.807, 2.05) is 12.3 Å². The standard InChI is InChI=1S/C36H50N2O3/c1-31(2)14-16-36(30(39)40)17-15-34(6)25(26(36)21-31)10-11-28-33(5)20-24(19-23-9-8-18-37-22-23)29(38-41)32(3,4)27(33)12-13-35(28,34)7/h8-10,18-19,22,26-28,41H,11-17,20-21H2,1-7H3,(H,39,40)/b24-19-,38-29-/t26-,27-,28+,33-,34+,35+,36-/m0/s1. The van der Waals surface area contributed by atoms with Crippen LogP contribution in [0.5, 0.6) is 0 Å². The molecule has 222 valence electrons.